The first kappa shape index (κ1) is 21.7. The van der Waals surface area contributed by atoms with Crippen molar-refractivity contribution < 1.29 is 9.53 Å². The maximum atomic E-state index is 13.3. The molecule has 1 atom stereocenters. The topological polar surface area (TPSA) is 81.1 Å². The van der Waals surface area contributed by atoms with Crippen LogP contribution in [0.3, 0.4) is 0 Å². The third-order valence-electron chi connectivity index (χ3n) is 5.62. The average Bonchev–Trinajstić information content (AvgIpc) is 3.32. The minimum Gasteiger partial charge on any atom is -0.489 e. The Morgan fingerprint density at radius 3 is 2.56 bits per heavy atom. The highest BCUT2D eigenvalue weighted by atomic mass is 35.5. The van der Waals surface area contributed by atoms with E-state index in [0.29, 0.717) is 28.9 Å². The highest BCUT2D eigenvalue weighted by molar-refractivity contribution is 6.31. The van der Waals surface area contributed by atoms with Gasteiger partial charge < -0.3 is 15.4 Å². The summed E-state index contributed by atoms with van der Waals surface area (Å²) in [7, 11) is 0. The van der Waals surface area contributed by atoms with E-state index in [4.69, 9.17) is 16.3 Å². The summed E-state index contributed by atoms with van der Waals surface area (Å²) in [6.45, 7) is 2.23. The molecule has 4 aromatic rings. The standard InChI is InChI=1S/C26H22ClN5O2/c1-17-23(25(33)31-20-8-3-2-4-9-20)24(32-26(30-17)28-16-29-32)18-11-13-21(14-12-18)34-15-19-7-5-6-10-22(19)27/h2-14,16,24H,15H2,1H3,(H,31,33)(H,28,29,30). The first-order valence-electron chi connectivity index (χ1n) is 10.8. The van der Waals surface area contributed by atoms with E-state index >= 15 is 0 Å². The fourth-order valence-corrected chi connectivity index (χ4v) is 4.13. The molecule has 7 nitrogen and oxygen atoms in total. The number of hydrogen-bond donors (Lipinski definition) is 2. The van der Waals surface area contributed by atoms with Crippen molar-refractivity contribution >= 4 is 29.1 Å². The average molecular weight is 472 g/mol. The van der Waals surface area contributed by atoms with Gasteiger partial charge in [0.15, 0.2) is 0 Å². The van der Waals surface area contributed by atoms with Crippen LogP contribution in [0.1, 0.15) is 24.1 Å². The van der Waals surface area contributed by atoms with Crippen LogP contribution in [-0.2, 0) is 11.4 Å². The normalized spacial score (nSPS) is 14.8. The number of anilines is 2. The second-order valence-corrected chi connectivity index (χ2v) is 8.27. The van der Waals surface area contributed by atoms with E-state index in [1.54, 1.807) is 4.68 Å². The number of carbonyl (C=O) groups is 1. The van der Waals surface area contributed by atoms with Gasteiger partial charge in [0.05, 0.1) is 5.57 Å². The maximum Gasteiger partial charge on any atom is 0.255 e. The molecular formula is C26H22ClN5O2. The molecular weight excluding hydrogens is 450 g/mol. The molecule has 3 aromatic carbocycles. The van der Waals surface area contributed by atoms with Crippen LogP contribution in [0.5, 0.6) is 5.75 Å². The van der Waals surface area contributed by atoms with Crippen molar-refractivity contribution in [3.63, 3.8) is 0 Å². The van der Waals surface area contributed by atoms with Crippen LogP contribution in [0.2, 0.25) is 5.02 Å². The lowest BCUT2D eigenvalue weighted by Gasteiger charge is -2.28. The third-order valence-corrected chi connectivity index (χ3v) is 5.99. The van der Waals surface area contributed by atoms with Gasteiger partial charge in [-0.1, -0.05) is 60.1 Å². The van der Waals surface area contributed by atoms with Crippen LogP contribution >= 0.6 is 11.6 Å². The first-order chi connectivity index (χ1) is 16.6. The minimum atomic E-state index is -0.444. The van der Waals surface area contributed by atoms with Gasteiger partial charge in [0.1, 0.15) is 24.7 Å². The second-order valence-electron chi connectivity index (χ2n) is 7.86. The fraction of sp³-hybridized carbons (Fsp3) is 0.115. The quantitative estimate of drug-likeness (QED) is 0.391. The summed E-state index contributed by atoms with van der Waals surface area (Å²) in [6.07, 6.45) is 1.47. The number of nitrogens with zero attached hydrogens (tertiary/aromatic N) is 3. The molecule has 0 spiro atoms. The second kappa shape index (κ2) is 9.41. The molecule has 170 valence electrons. The molecule has 1 aliphatic heterocycles. The van der Waals surface area contributed by atoms with E-state index < -0.39 is 6.04 Å². The zero-order valence-corrected chi connectivity index (χ0v) is 19.2. The molecule has 0 aliphatic carbocycles. The Kier molecular flexibility index (Phi) is 6.01. The first-order valence-corrected chi connectivity index (χ1v) is 11.2. The molecule has 1 aliphatic rings. The number of hydrogen-bond acceptors (Lipinski definition) is 5. The molecule has 0 radical (unpaired) electrons. The van der Waals surface area contributed by atoms with Gasteiger partial charge in [0, 0.05) is 22.0 Å². The van der Waals surface area contributed by atoms with Gasteiger partial charge in [0.25, 0.3) is 5.91 Å². The number of amides is 1. The largest absolute Gasteiger partial charge is 0.489 e. The molecule has 1 aromatic heterocycles. The molecule has 0 saturated carbocycles. The van der Waals surface area contributed by atoms with Gasteiger partial charge in [-0.3, -0.25) is 4.79 Å². The molecule has 8 heteroatoms. The molecule has 1 amide bonds. The van der Waals surface area contributed by atoms with Crippen LogP contribution in [-0.4, -0.2) is 20.7 Å². The monoisotopic (exact) mass is 471 g/mol. The van der Waals surface area contributed by atoms with E-state index in [2.05, 4.69) is 20.7 Å². The summed E-state index contributed by atoms with van der Waals surface area (Å²) in [4.78, 5) is 17.6. The van der Waals surface area contributed by atoms with Crippen molar-refractivity contribution in [1.29, 1.82) is 0 Å². The van der Waals surface area contributed by atoms with Crippen molar-refractivity contribution in [3.8, 4) is 5.75 Å². The van der Waals surface area contributed by atoms with E-state index in [0.717, 1.165) is 22.5 Å². The Hall–Kier alpha value is -4.10. The number of allylic oxidation sites excluding steroid dienone is 1. The number of nitrogens with one attached hydrogen (secondary N) is 2. The maximum absolute atomic E-state index is 13.3. The molecule has 2 N–H and O–H groups in total. The summed E-state index contributed by atoms with van der Waals surface area (Å²) in [5.74, 6) is 1.08. The number of fused-ring (bicyclic) bond motifs is 1. The summed E-state index contributed by atoms with van der Waals surface area (Å²) in [5.41, 5.74) is 3.80. The fourth-order valence-electron chi connectivity index (χ4n) is 3.94. The molecule has 1 unspecified atom stereocenters. The predicted octanol–water partition coefficient (Wildman–Crippen LogP) is 5.44. The lowest BCUT2D eigenvalue weighted by atomic mass is 9.95. The van der Waals surface area contributed by atoms with Gasteiger partial charge in [-0.05, 0) is 42.8 Å². The highest BCUT2D eigenvalue weighted by Crippen LogP contribution is 2.35. The Labute approximate surface area is 202 Å². The number of benzene rings is 3. The smallest absolute Gasteiger partial charge is 0.255 e. The zero-order valence-electron chi connectivity index (χ0n) is 18.4. The van der Waals surface area contributed by atoms with Crippen LogP contribution in [0.4, 0.5) is 11.6 Å². The third kappa shape index (κ3) is 4.38. The van der Waals surface area contributed by atoms with Crippen molar-refractivity contribution in [3.05, 3.63) is 113 Å². The minimum absolute atomic E-state index is 0.207. The van der Waals surface area contributed by atoms with E-state index in [1.165, 1.54) is 6.33 Å². The van der Waals surface area contributed by atoms with Crippen molar-refractivity contribution in [2.45, 2.75) is 19.6 Å². The van der Waals surface area contributed by atoms with Gasteiger partial charge in [-0.15, -0.1) is 0 Å². The molecule has 34 heavy (non-hydrogen) atoms. The van der Waals surface area contributed by atoms with Gasteiger partial charge in [0.2, 0.25) is 5.95 Å². The molecule has 0 fully saturated rings. The Bertz CT molecular complexity index is 1350. The van der Waals surface area contributed by atoms with Crippen molar-refractivity contribution in [2.75, 3.05) is 10.6 Å². The number of ether oxygens (including phenoxy) is 1. The number of halogens is 1. The predicted molar refractivity (Wildman–Crippen MR) is 132 cm³/mol. The number of para-hydroxylation sites is 1. The number of carbonyl (C=O) groups excluding carboxylic acids is 1. The SMILES string of the molecule is CC1=C(C(=O)Nc2ccccc2)C(c2ccc(OCc3ccccc3Cl)cc2)n2ncnc2N1. The van der Waals surface area contributed by atoms with E-state index in [9.17, 15) is 4.79 Å². The van der Waals surface area contributed by atoms with E-state index in [-0.39, 0.29) is 5.91 Å². The van der Waals surface area contributed by atoms with Crippen LogP contribution in [0, 0.1) is 0 Å². The zero-order chi connectivity index (χ0) is 23.5. The van der Waals surface area contributed by atoms with Gasteiger partial charge in [-0.25, -0.2) is 4.68 Å². The molecule has 0 bridgehead atoms. The summed E-state index contributed by atoms with van der Waals surface area (Å²) in [6, 6.07) is 24.2. The van der Waals surface area contributed by atoms with E-state index in [1.807, 2.05) is 85.8 Å². The summed E-state index contributed by atoms with van der Waals surface area (Å²) < 4.78 is 7.64. The van der Waals surface area contributed by atoms with Crippen LogP contribution < -0.4 is 15.4 Å². The van der Waals surface area contributed by atoms with Crippen molar-refractivity contribution in [1.82, 2.24) is 14.8 Å². The van der Waals surface area contributed by atoms with Crippen LogP contribution in [0.15, 0.2) is 96.5 Å². The van der Waals surface area contributed by atoms with Gasteiger partial charge >= 0.3 is 0 Å². The van der Waals surface area contributed by atoms with Crippen LogP contribution in [0.25, 0.3) is 0 Å². The highest BCUT2D eigenvalue weighted by Gasteiger charge is 2.33. The Morgan fingerprint density at radius 1 is 1.06 bits per heavy atom. The summed E-state index contributed by atoms with van der Waals surface area (Å²) >= 11 is 6.23. The Balaban J connectivity index is 1.42. The van der Waals surface area contributed by atoms with Gasteiger partial charge in [-0.2, -0.15) is 10.1 Å². The lowest BCUT2D eigenvalue weighted by Crippen LogP contribution is -2.31. The summed E-state index contributed by atoms with van der Waals surface area (Å²) in [5, 5.41) is 11.2. The molecule has 5 rings (SSSR count). The molecule has 0 saturated heterocycles. The van der Waals surface area contributed by atoms with Crippen molar-refractivity contribution in [2.24, 2.45) is 0 Å². The molecule has 2 heterocycles. The Morgan fingerprint density at radius 2 is 1.79 bits per heavy atom. The lowest BCUT2D eigenvalue weighted by molar-refractivity contribution is -0.113. The number of aromatic nitrogens is 3. The number of rotatable bonds is 6.